The van der Waals surface area contributed by atoms with E-state index in [0.29, 0.717) is 6.04 Å². The topological polar surface area (TPSA) is 21.3 Å². The molecular formula is C11H19NOS. The molecule has 2 atom stereocenters. The molecule has 1 saturated carbocycles. The molecule has 3 fully saturated rings. The monoisotopic (exact) mass is 213 g/mol. The highest BCUT2D eigenvalue weighted by molar-refractivity contribution is 7.99. The van der Waals surface area contributed by atoms with Crippen LogP contribution in [0.15, 0.2) is 0 Å². The third kappa shape index (κ3) is 1.41. The summed E-state index contributed by atoms with van der Waals surface area (Å²) in [6.45, 7) is 1.98. The van der Waals surface area contributed by atoms with Crippen LogP contribution in [0, 0.1) is 5.92 Å². The third-order valence-electron chi connectivity index (χ3n) is 4.06. The maximum absolute atomic E-state index is 6.11. The zero-order chi connectivity index (χ0) is 9.43. The van der Waals surface area contributed by atoms with Gasteiger partial charge in [0.2, 0.25) is 0 Å². The fourth-order valence-electron chi connectivity index (χ4n) is 3.04. The molecule has 3 rings (SSSR count). The van der Waals surface area contributed by atoms with Crippen LogP contribution in [0.2, 0.25) is 0 Å². The summed E-state index contributed by atoms with van der Waals surface area (Å²) in [6.07, 6.45) is 5.55. The first kappa shape index (κ1) is 9.49. The van der Waals surface area contributed by atoms with Gasteiger partial charge in [0.25, 0.3) is 0 Å². The van der Waals surface area contributed by atoms with Gasteiger partial charge in [-0.15, -0.1) is 0 Å². The van der Waals surface area contributed by atoms with Crippen molar-refractivity contribution in [1.82, 2.24) is 5.32 Å². The van der Waals surface area contributed by atoms with Crippen molar-refractivity contribution >= 4 is 11.8 Å². The van der Waals surface area contributed by atoms with Gasteiger partial charge in [0, 0.05) is 18.3 Å². The van der Waals surface area contributed by atoms with Gasteiger partial charge in [-0.1, -0.05) is 6.42 Å². The lowest BCUT2D eigenvalue weighted by molar-refractivity contribution is -0.101. The third-order valence-corrected chi connectivity index (χ3v) is 5.25. The molecule has 2 saturated heterocycles. The Balaban J connectivity index is 1.77. The summed E-state index contributed by atoms with van der Waals surface area (Å²) in [6, 6.07) is 0.667. The highest BCUT2D eigenvalue weighted by atomic mass is 32.2. The SMILES string of the molecule is C1CC(C2NCCOC23CCSC3)C1. The van der Waals surface area contributed by atoms with E-state index in [9.17, 15) is 0 Å². The van der Waals surface area contributed by atoms with E-state index in [1.54, 1.807) is 0 Å². The van der Waals surface area contributed by atoms with Crippen molar-refractivity contribution < 1.29 is 4.74 Å². The smallest absolute Gasteiger partial charge is 0.0935 e. The van der Waals surface area contributed by atoms with Gasteiger partial charge in [0.15, 0.2) is 0 Å². The average molecular weight is 213 g/mol. The molecule has 1 spiro atoms. The van der Waals surface area contributed by atoms with E-state index < -0.39 is 0 Å². The van der Waals surface area contributed by atoms with E-state index in [2.05, 4.69) is 17.1 Å². The molecular weight excluding hydrogens is 194 g/mol. The van der Waals surface area contributed by atoms with Crippen LogP contribution in [-0.4, -0.2) is 36.3 Å². The zero-order valence-electron chi connectivity index (χ0n) is 8.63. The second kappa shape index (κ2) is 3.69. The van der Waals surface area contributed by atoms with E-state index in [4.69, 9.17) is 4.74 Å². The lowest BCUT2D eigenvalue weighted by Crippen LogP contribution is -2.62. The molecule has 0 aromatic carbocycles. The quantitative estimate of drug-likeness (QED) is 0.715. The average Bonchev–Trinajstić information content (AvgIpc) is 2.56. The van der Waals surface area contributed by atoms with Crippen LogP contribution in [0.1, 0.15) is 25.7 Å². The number of hydrogen-bond acceptors (Lipinski definition) is 3. The van der Waals surface area contributed by atoms with Crippen molar-refractivity contribution in [2.24, 2.45) is 5.92 Å². The fourth-order valence-corrected chi connectivity index (χ4v) is 4.42. The number of nitrogens with one attached hydrogen (secondary N) is 1. The van der Waals surface area contributed by atoms with Gasteiger partial charge >= 0.3 is 0 Å². The van der Waals surface area contributed by atoms with E-state index in [1.165, 1.54) is 37.2 Å². The number of morpholine rings is 1. The van der Waals surface area contributed by atoms with Gasteiger partial charge in [-0.3, -0.25) is 0 Å². The molecule has 0 aromatic heterocycles. The maximum Gasteiger partial charge on any atom is 0.0935 e. The standard InChI is InChI=1S/C11H19NOS/c1-2-9(3-1)10-11(4-7-14-8-11)13-6-5-12-10/h9-10,12H,1-8H2. The Morgan fingerprint density at radius 2 is 2.29 bits per heavy atom. The minimum atomic E-state index is 0.216. The predicted octanol–water partition coefficient (Wildman–Crippen LogP) is 1.65. The summed E-state index contributed by atoms with van der Waals surface area (Å²) in [7, 11) is 0. The van der Waals surface area contributed by atoms with Crippen LogP contribution >= 0.6 is 11.8 Å². The Bertz CT molecular complexity index is 211. The molecule has 1 N–H and O–H groups in total. The van der Waals surface area contributed by atoms with Crippen LogP contribution < -0.4 is 5.32 Å². The molecule has 0 amide bonds. The summed E-state index contributed by atoms with van der Waals surface area (Å²) < 4.78 is 6.11. The number of thioether (sulfide) groups is 1. The molecule has 0 radical (unpaired) electrons. The summed E-state index contributed by atoms with van der Waals surface area (Å²) in [5, 5.41) is 3.72. The summed E-state index contributed by atoms with van der Waals surface area (Å²) in [5.74, 6) is 3.43. The highest BCUT2D eigenvalue weighted by Crippen LogP contribution is 2.43. The van der Waals surface area contributed by atoms with Crippen molar-refractivity contribution in [3.63, 3.8) is 0 Å². The predicted molar refractivity (Wildman–Crippen MR) is 59.8 cm³/mol. The summed E-state index contributed by atoms with van der Waals surface area (Å²) >= 11 is 2.07. The molecule has 2 heterocycles. The molecule has 2 nitrogen and oxygen atoms in total. The molecule has 0 bridgehead atoms. The van der Waals surface area contributed by atoms with Crippen LogP contribution in [0.25, 0.3) is 0 Å². The van der Waals surface area contributed by atoms with E-state index >= 15 is 0 Å². The lowest BCUT2D eigenvalue weighted by atomic mass is 9.72. The molecule has 2 unspecified atom stereocenters. The van der Waals surface area contributed by atoms with Gasteiger partial charge in [-0.05, 0) is 30.9 Å². The molecule has 3 aliphatic rings. The lowest BCUT2D eigenvalue weighted by Gasteiger charge is -2.48. The van der Waals surface area contributed by atoms with Crippen LogP contribution in [0.4, 0.5) is 0 Å². The Labute approximate surface area is 90.2 Å². The zero-order valence-corrected chi connectivity index (χ0v) is 9.44. The first-order chi connectivity index (χ1) is 6.91. The Kier molecular flexibility index (Phi) is 2.50. The number of ether oxygens (including phenoxy) is 1. The molecule has 1 aliphatic carbocycles. The molecule has 80 valence electrons. The second-order valence-electron chi connectivity index (χ2n) is 4.84. The molecule has 14 heavy (non-hydrogen) atoms. The van der Waals surface area contributed by atoms with Crippen LogP contribution in [-0.2, 0) is 4.74 Å². The number of hydrogen-bond donors (Lipinski definition) is 1. The molecule has 0 aromatic rings. The first-order valence-electron chi connectivity index (χ1n) is 5.86. The van der Waals surface area contributed by atoms with Crippen molar-refractivity contribution in [3.8, 4) is 0 Å². The second-order valence-corrected chi connectivity index (χ2v) is 5.94. The molecule has 3 heteroatoms. The van der Waals surface area contributed by atoms with Gasteiger partial charge in [-0.2, -0.15) is 11.8 Å². The van der Waals surface area contributed by atoms with E-state index in [0.717, 1.165) is 19.1 Å². The first-order valence-corrected chi connectivity index (χ1v) is 7.01. The summed E-state index contributed by atoms with van der Waals surface area (Å²) in [5.41, 5.74) is 0.216. The van der Waals surface area contributed by atoms with E-state index in [1.807, 2.05) is 0 Å². The van der Waals surface area contributed by atoms with Crippen molar-refractivity contribution in [2.75, 3.05) is 24.7 Å². The minimum absolute atomic E-state index is 0.216. The van der Waals surface area contributed by atoms with Gasteiger partial charge in [0.1, 0.15) is 0 Å². The minimum Gasteiger partial charge on any atom is -0.371 e. The summed E-state index contributed by atoms with van der Waals surface area (Å²) in [4.78, 5) is 0. The van der Waals surface area contributed by atoms with Crippen molar-refractivity contribution in [1.29, 1.82) is 0 Å². The Morgan fingerprint density at radius 1 is 1.36 bits per heavy atom. The van der Waals surface area contributed by atoms with Gasteiger partial charge in [-0.25, -0.2) is 0 Å². The number of rotatable bonds is 1. The van der Waals surface area contributed by atoms with Gasteiger partial charge < -0.3 is 10.1 Å². The maximum atomic E-state index is 6.11. The normalized spacial score (nSPS) is 44.1. The highest BCUT2D eigenvalue weighted by Gasteiger charge is 2.48. The van der Waals surface area contributed by atoms with E-state index in [-0.39, 0.29) is 5.60 Å². The van der Waals surface area contributed by atoms with Crippen LogP contribution in [0.5, 0.6) is 0 Å². The Morgan fingerprint density at radius 3 is 2.93 bits per heavy atom. The Hall–Kier alpha value is 0.270. The van der Waals surface area contributed by atoms with Gasteiger partial charge in [0.05, 0.1) is 12.2 Å². The largest absolute Gasteiger partial charge is 0.371 e. The van der Waals surface area contributed by atoms with Crippen LogP contribution in [0.3, 0.4) is 0 Å². The van der Waals surface area contributed by atoms with Crippen molar-refractivity contribution in [3.05, 3.63) is 0 Å². The van der Waals surface area contributed by atoms with Crippen molar-refractivity contribution in [2.45, 2.75) is 37.3 Å². The fraction of sp³-hybridized carbons (Fsp3) is 1.00. The molecule has 2 aliphatic heterocycles.